The van der Waals surface area contributed by atoms with Gasteiger partial charge in [0.25, 0.3) is 0 Å². The lowest BCUT2D eigenvalue weighted by Gasteiger charge is -2.16. The SMILES string of the molecule is Cn1cc(-n2ncc3ccc(O[C@H]4CCc5cc(C#N)cc(F)c54)cc32)cn1. The second-order valence-corrected chi connectivity index (χ2v) is 6.94. The Kier molecular flexibility index (Phi) is 3.66. The fraction of sp³-hybridized carbons (Fsp3) is 0.190. The minimum atomic E-state index is -0.377. The van der Waals surface area contributed by atoms with Gasteiger partial charge < -0.3 is 4.74 Å². The number of nitrogens with zero attached hydrogens (tertiary/aromatic N) is 5. The Morgan fingerprint density at radius 2 is 2.11 bits per heavy atom. The summed E-state index contributed by atoms with van der Waals surface area (Å²) in [7, 11) is 1.85. The van der Waals surface area contributed by atoms with Crippen LogP contribution in [0.4, 0.5) is 4.39 Å². The number of rotatable bonds is 3. The highest BCUT2D eigenvalue weighted by atomic mass is 19.1. The van der Waals surface area contributed by atoms with Gasteiger partial charge in [0.05, 0.1) is 35.7 Å². The molecule has 6 nitrogen and oxygen atoms in total. The Bertz CT molecular complexity index is 1250. The van der Waals surface area contributed by atoms with Crippen molar-refractivity contribution in [1.82, 2.24) is 19.6 Å². The summed E-state index contributed by atoms with van der Waals surface area (Å²) in [6.45, 7) is 0. The van der Waals surface area contributed by atoms with Gasteiger partial charge in [0, 0.05) is 24.1 Å². The summed E-state index contributed by atoms with van der Waals surface area (Å²) in [4.78, 5) is 0. The highest BCUT2D eigenvalue weighted by molar-refractivity contribution is 5.81. The Hall–Kier alpha value is -3.66. The Balaban J connectivity index is 1.50. The van der Waals surface area contributed by atoms with Crippen LogP contribution in [0.5, 0.6) is 5.75 Å². The van der Waals surface area contributed by atoms with Crippen LogP contribution < -0.4 is 4.74 Å². The van der Waals surface area contributed by atoms with Crippen LogP contribution in [0.1, 0.15) is 29.2 Å². The van der Waals surface area contributed by atoms with E-state index in [0.717, 1.165) is 22.2 Å². The van der Waals surface area contributed by atoms with E-state index < -0.39 is 0 Å². The first-order valence-electron chi connectivity index (χ1n) is 8.98. The quantitative estimate of drug-likeness (QED) is 0.547. The topological polar surface area (TPSA) is 68.7 Å². The summed E-state index contributed by atoms with van der Waals surface area (Å²) < 4.78 is 24.2. The molecule has 0 unspecified atom stereocenters. The third-order valence-corrected chi connectivity index (χ3v) is 5.10. The molecular formula is C21H16FN5O. The zero-order valence-electron chi connectivity index (χ0n) is 15.1. The number of hydrogen-bond donors (Lipinski definition) is 0. The maximum absolute atomic E-state index is 14.5. The van der Waals surface area contributed by atoms with E-state index in [9.17, 15) is 4.39 Å². The summed E-state index contributed by atoms with van der Waals surface area (Å²) in [6, 6.07) is 10.8. The molecule has 2 aromatic heterocycles. The zero-order chi connectivity index (χ0) is 19.3. The summed E-state index contributed by atoms with van der Waals surface area (Å²) >= 11 is 0. The molecule has 0 N–H and O–H groups in total. The van der Waals surface area contributed by atoms with Crippen LogP contribution in [0.2, 0.25) is 0 Å². The molecule has 138 valence electrons. The second kappa shape index (κ2) is 6.20. The lowest BCUT2D eigenvalue weighted by molar-refractivity contribution is 0.203. The van der Waals surface area contributed by atoms with Crippen LogP contribution in [0, 0.1) is 17.1 Å². The number of aromatic nitrogens is 4. The standard InChI is InChI=1S/C21H16FN5O/c1-26-12-16(11-24-26)27-19-8-17(4-2-15(19)10-25-27)28-20-5-3-14-6-13(9-23)7-18(22)21(14)20/h2,4,6-8,10-12,20H,3,5H2,1H3/t20-/m0/s1. The van der Waals surface area contributed by atoms with Gasteiger partial charge in [-0.25, -0.2) is 9.07 Å². The molecule has 1 aliphatic rings. The summed E-state index contributed by atoms with van der Waals surface area (Å²) in [5, 5.41) is 18.6. The van der Waals surface area contributed by atoms with Crippen molar-refractivity contribution in [1.29, 1.82) is 5.26 Å². The van der Waals surface area contributed by atoms with E-state index in [0.29, 0.717) is 29.7 Å². The first kappa shape index (κ1) is 16.5. The average Bonchev–Trinajstić information content (AvgIpc) is 3.40. The molecule has 1 atom stereocenters. The molecule has 4 aromatic rings. The van der Waals surface area contributed by atoms with Crippen molar-refractivity contribution < 1.29 is 9.13 Å². The van der Waals surface area contributed by atoms with Crippen LogP contribution in [0.25, 0.3) is 16.6 Å². The van der Waals surface area contributed by atoms with E-state index in [-0.39, 0.29) is 11.9 Å². The summed E-state index contributed by atoms with van der Waals surface area (Å²) in [5.74, 6) is 0.276. The van der Waals surface area contributed by atoms with Crippen LogP contribution in [0.15, 0.2) is 48.9 Å². The van der Waals surface area contributed by atoms with Crippen molar-refractivity contribution in [2.75, 3.05) is 0 Å². The number of aryl methyl sites for hydroxylation is 2. The number of fused-ring (bicyclic) bond motifs is 2. The molecule has 0 radical (unpaired) electrons. The fourth-order valence-corrected chi connectivity index (χ4v) is 3.81. The molecule has 0 saturated carbocycles. The largest absolute Gasteiger partial charge is 0.486 e. The van der Waals surface area contributed by atoms with Crippen molar-refractivity contribution >= 4 is 10.9 Å². The summed E-state index contributed by atoms with van der Waals surface area (Å²) in [5.41, 5.74) is 3.50. The van der Waals surface area contributed by atoms with E-state index in [1.807, 2.05) is 37.5 Å². The normalized spacial score (nSPS) is 15.5. The lowest BCUT2D eigenvalue weighted by atomic mass is 10.1. The van der Waals surface area contributed by atoms with E-state index in [1.165, 1.54) is 6.07 Å². The number of hydrogen-bond acceptors (Lipinski definition) is 4. The van der Waals surface area contributed by atoms with Crippen LogP contribution >= 0.6 is 0 Å². The van der Waals surface area contributed by atoms with E-state index in [4.69, 9.17) is 10.00 Å². The van der Waals surface area contributed by atoms with Crippen LogP contribution in [-0.2, 0) is 13.5 Å². The molecular weight excluding hydrogens is 357 g/mol. The van der Waals surface area contributed by atoms with Crippen LogP contribution in [-0.4, -0.2) is 19.6 Å². The third kappa shape index (κ3) is 2.62. The molecule has 5 rings (SSSR count). The van der Waals surface area contributed by atoms with E-state index in [1.54, 1.807) is 27.8 Å². The van der Waals surface area contributed by atoms with Gasteiger partial charge in [-0.1, -0.05) is 0 Å². The zero-order valence-corrected chi connectivity index (χ0v) is 15.1. The minimum Gasteiger partial charge on any atom is -0.486 e. The van der Waals surface area contributed by atoms with Crippen molar-refractivity contribution in [2.24, 2.45) is 7.05 Å². The molecule has 7 heteroatoms. The van der Waals surface area contributed by atoms with E-state index in [2.05, 4.69) is 10.2 Å². The maximum Gasteiger partial charge on any atom is 0.131 e. The van der Waals surface area contributed by atoms with Crippen molar-refractivity contribution in [2.45, 2.75) is 18.9 Å². The van der Waals surface area contributed by atoms with E-state index >= 15 is 0 Å². The fourth-order valence-electron chi connectivity index (χ4n) is 3.81. The average molecular weight is 373 g/mol. The van der Waals surface area contributed by atoms with Gasteiger partial charge in [0.15, 0.2) is 0 Å². The molecule has 1 aliphatic carbocycles. The highest BCUT2D eigenvalue weighted by Crippen LogP contribution is 2.38. The number of halogens is 1. The second-order valence-electron chi connectivity index (χ2n) is 6.94. The van der Waals surface area contributed by atoms with Gasteiger partial charge in [-0.3, -0.25) is 4.68 Å². The van der Waals surface area contributed by atoms with Gasteiger partial charge in [0.2, 0.25) is 0 Å². The molecule has 0 bridgehead atoms. The number of ether oxygens (including phenoxy) is 1. The predicted octanol–water partition coefficient (Wildman–Crippen LogP) is 3.84. The van der Waals surface area contributed by atoms with Gasteiger partial charge >= 0.3 is 0 Å². The smallest absolute Gasteiger partial charge is 0.131 e. The maximum atomic E-state index is 14.5. The highest BCUT2D eigenvalue weighted by Gasteiger charge is 2.28. The Morgan fingerprint density at radius 1 is 1.21 bits per heavy atom. The first-order valence-corrected chi connectivity index (χ1v) is 8.98. The number of benzene rings is 2. The van der Waals surface area contributed by atoms with Gasteiger partial charge in [-0.05, 0) is 42.7 Å². The predicted molar refractivity (Wildman–Crippen MR) is 101 cm³/mol. The molecule has 0 spiro atoms. The van der Waals surface area contributed by atoms with Crippen LogP contribution in [0.3, 0.4) is 0 Å². The van der Waals surface area contributed by atoms with Crippen molar-refractivity contribution in [3.63, 3.8) is 0 Å². The monoisotopic (exact) mass is 373 g/mol. The van der Waals surface area contributed by atoms with Crippen molar-refractivity contribution in [3.05, 3.63) is 71.4 Å². The number of nitriles is 1. The van der Waals surface area contributed by atoms with Gasteiger partial charge in [-0.15, -0.1) is 0 Å². The first-order chi connectivity index (χ1) is 13.6. The Labute approximate surface area is 160 Å². The Morgan fingerprint density at radius 3 is 2.89 bits per heavy atom. The molecule has 0 fully saturated rings. The minimum absolute atomic E-state index is 0.346. The molecule has 28 heavy (non-hydrogen) atoms. The molecule has 0 saturated heterocycles. The third-order valence-electron chi connectivity index (χ3n) is 5.10. The molecule has 2 heterocycles. The molecule has 0 amide bonds. The molecule has 0 aliphatic heterocycles. The summed E-state index contributed by atoms with van der Waals surface area (Å²) in [6.07, 6.45) is 6.43. The van der Waals surface area contributed by atoms with Gasteiger partial charge in [-0.2, -0.15) is 15.5 Å². The molecule has 2 aromatic carbocycles. The lowest BCUT2D eigenvalue weighted by Crippen LogP contribution is -2.06. The van der Waals surface area contributed by atoms with Crippen molar-refractivity contribution in [3.8, 4) is 17.5 Å². The van der Waals surface area contributed by atoms with Gasteiger partial charge in [0.1, 0.15) is 23.4 Å².